The van der Waals surface area contributed by atoms with Crippen LogP contribution in [0, 0.1) is 12.8 Å². The molecule has 2 aromatic heterocycles. The number of aromatic amines is 1. The standard InChI is InChI=1S/C20H25N5O2/c1-13-7-9-24(10-8-13)19-21-17-16(18(26)22-20(27)23(17)3)25(19)12-15-6-4-5-14(2)11-15/h4-6,11,13H,7-10,12H2,1-3H3,(H,22,26,27). The first-order chi connectivity index (χ1) is 12.9. The summed E-state index contributed by atoms with van der Waals surface area (Å²) in [4.78, 5) is 34.1. The molecule has 7 heteroatoms. The van der Waals surface area contributed by atoms with Crippen LogP contribution in [0.4, 0.5) is 5.95 Å². The summed E-state index contributed by atoms with van der Waals surface area (Å²) in [6, 6.07) is 8.24. The van der Waals surface area contributed by atoms with Crippen LogP contribution in [0.2, 0.25) is 0 Å². The molecule has 0 spiro atoms. The number of piperidine rings is 1. The zero-order valence-electron chi connectivity index (χ0n) is 16.0. The summed E-state index contributed by atoms with van der Waals surface area (Å²) < 4.78 is 3.37. The van der Waals surface area contributed by atoms with Crippen LogP contribution >= 0.6 is 0 Å². The normalized spacial score (nSPS) is 15.6. The molecule has 1 saturated heterocycles. The number of H-pyrrole nitrogens is 1. The van der Waals surface area contributed by atoms with Crippen molar-refractivity contribution in [2.45, 2.75) is 33.2 Å². The molecule has 0 atom stereocenters. The molecule has 0 saturated carbocycles. The molecule has 142 valence electrons. The fraction of sp³-hybridized carbons (Fsp3) is 0.450. The minimum Gasteiger partial charge on any atom is -0.342 e. The highest BCUT2D eigenvalue weighted by Gasteiger charge is 2.24. The molecule has 4 rings (SSSR count). The Morgan fingerprint density at radius 2 is 1.96 bits per heavy atom. The molecule has 0 amide bonds. The molecule has 0 radical (unpaired) electrons. The van der Waals surface area contributed by atoms with Crippen LogP contribution in [0.1, 0.15) is 30.9 Å². The van der Waals surface area contributed by atoms with Crippen LogP contribution in [-0.2, 0) is 13.6 Å². The van der Waals surface area contributed by atoms with Crippen molar-refractivity contribution in [1.29, 1.82) is 0 Å². The van der Waals surface area contributed by atoms with E-state index in [1.807, 2.05) is 10.6 Å². The number of hydrogen-bond donors (Lipinski definition) is 1. The van der Waals surface area contributed by atoms with Crippen molar-refractivity contribution in [3.63, 3.8) is 0 Å². The number of nitrogens with zero attached hydrogens (tertiary/aromatic N) is 4. The van der Waals surface area contributed by atoms with Gasteiger partial charge in [-0.1, -0.05) is 36.8 Å². The number of rotatable bonds is 3. The lowest BCUT2D eigenvalue weighted by Gasteiger charge is -2.31. The van der Waals surface area contributed by atoms with Crippen LogP contribution in [-0.4, -0.2) is 32.2 Å². The lowest BCUT2D eigenvalue weighted by molar-refractivity contribution is 0.432. The van der Waals surface area contributed by atoms with Crippen molar-refractivity contribution in [2.75, 3.05) is 18.0 Å². The quantitative estimate of drug-likeness (QED) is 0.768. The van der Waals surface area contributed by atoms with Crippen molar-refractivity contribution >= 4 is 17.1 Å². The smallest absolute Gasteiger partial charge is 0.329 e. The zero-order valence-corrected chi connectivity index (χ0v) is 16.0. The van der Waals surface area contributed by atoms with E-state index in [4.69, 9.17) is 4.98 Å². The molecule has 27 heavy (non-hydrogen) atoms. The Labute approximate surface area is 157 Å². The summed E-state index contributed by atoms with van der Waals surface area (Å²) >= 11 is 0. The number of aryl methyl sites for hydroxylation is 2. The summed E-state index contributed by atoms with van der Waals surface area (Å²) in [7, 11) is 1.65. The van der Waals surface area contributed by atoms with E-state index in [0.717, 1.165) is 37.4 Å². The maximum absolute atomic E-state index is 12.6. The van der Waals surface area contributed by atoms with E-state index >= 15 is 0 Å². The van der Waals surface area contributed by atoms with Crippen molar-refractivity contribution in [1.82, 2.24) is 19.1 Å². The highest BCUT2D eigenvalue weighted by molar-refractivity contribution is 5.74. The number of benzene rings is 1. The monoisotopic (exact) mass is 367 g/mol. The topological polar surface area (TPSA) is 75.9 Å². The van der Waals surface area contributed by atoms with Crippen LogP contribution in [0.25, 0.3) is 11.2 Å². The second-order valence-corrected chi connectivity index (χ2v) is 7.65. The Morgan fingerprint density at radius 1 is 1.22 bits per heavy atom. The third-order valence-electron chi connectivity index (χ3n) is 5.48. The second-order valence-electron chi connectivity index (χ2n) is 7.65. The van der Waals surface area contributed by atoms with Crippen LogP contribution in [0.15, 0.2) is 33.9 Å². The molecule has 0 bridgehead atoms. The van der Waals surface area contributed by atoms with Crippen molar-refractivity contribution in [2.24, 2.45) is 13.0 Å². The van der Waals surface area contributed by atoms with Crippen molar-refractivity contribution in [3.05, 3.63) is 56.2 Å². The fourth-order valence-electron chi connectivity index (χ4n) is 3.82. The van der Waals surface area contributed by atoms with Gasteiger partial charge in [-0.2, -0.15) is 4.98 Å². The summed E-state index contributed by atoms with van der Waals surface area (Å²) in [5.41, 5.74) is 2.34. The average molecular weight is 367 g/mol. The summed E-state index contributed by atoms with van der Waals surface area (Å²) in [5.74, 6) is 1.47. The molecule has 3 heterocycles. The minimum absolute atomic E-state index is 0.384. The Balaban J connectivity index is 1.90. The maximum Gasteiger partial charge on any atom is 0.329 e. The number of imidazole rings is 1. The van der Waals surface area contributed by atoms with E-state index in [1.54, 1.807) is 7.05 Å². The van der Waals surface area contributed by atoms with Gasteiger partial charge < -0.3 is 4.90 Å². The van der Waals surface area contributed by atoms with E-state index < -0.39 is 5.69 Å². The predicted octanol–water partition coefficient (Wildman–Crippen LogP) is 2.02. The number of anilines is 1. The number of nitrogens with one attached hydrogen (secondary N) is 1. The van der Waals surface area contributed by atoms with Gasteiger partial charge in [-0.15, -0.1) is 0 Å². The Bertz CT molecular complexity index is 1100. The summed E-state index contributed by atoms with van der Waals surface area (Å²) in [6.07, 6.45) is 2.20. The van der Waals surface area contributed by atoms with Gasteiger partial charge in [0.05, 0.1) is 6.54 Å². The molecule has 7 nitrogen and oxygen atoms in total. The number of hydrogen-bond acceptors (Lipinski definition) is 4. The average Bonchev–Trinajstić information content (AvgIpc) is 3.00. The predicted molar refractivity (Wildman–Crippen MR) is 106 cm³/mol. The molecule has 1 fully saturated rings. The van der Waals surface area contributed by atoms with E-state index in [1.165, 1.54) is 10.1 Å². The highest BCUT2D eigenvalue weighted by atomic mass is 16.2. The van der Waals surface area contributed by atoms with Gasteiger partial charge in [0.1, 0.15) is 0 Å². The largest absolute Gasteiger partial charge is 0.342 e. The lowest BCUT2D eigenvalue weighted by atomic mass is 10.00. The highest BCUT2D eigenvalue weighted by Crippen LogP contribution is 2.26. The minimum atomic E-state index is -0.438. The maximum atomic E-state index is 12.6. The summed E-state index contributed by atoms with van der Waals surface area (Å²) in [6.45, 7) is 6.68. The van der Waals surface area contributed by atoms with E-state index in [-0.39, 0.29) is 5.56 Å². The Kier molecular flexibility index (Phi) is 4.37. The van der Waals surface area contributed by atoms with E-state index in [2.05, 4.69) is 41.9 Å². The van der Waals surface area contributed by atoms with Crippen LogP contribution in [0.3, 0.4) is 0 Å². The first-order valence-corrected chi connectivity index (χ1v) is 9.44. The molecule has 1 N–H and O–H groups in total. The molecule has 0 unspecified atom stereocenters. The van der Waals surface area contributed by atoms with Gasteiger partial charge in [0.25, 0.3) is 5.56 Å². The van der Waals surface area contributed by atoms with Gasteiger partial charge in [-0.3, -0.25) is 18.9 Å². The van der Waals surface area contributed by atoms with Gasteiger partial charge in [0.15, 0.2) is 11.2 Å². The molecular formula is C20H25N5O2. The number of aromatic nitrogens is 4. The van der Waals surface area contributed by atoms with E-state index in [9.17, 15) is 9.59 Å². The van der Waals surface area contributed by atoms with Gasteiger partial charge in [0.2, 0.25) is 5.95 Å². The Morgan fingerprint density at radius 3 is 2.67 bits per heavy atom. The third kappa shape index (κ3) is 3.18. The first kappa shape index (κ1) is 17.6. The van der Waals surface area contributed by atoms with Crippen molar-refractivity contribution < 1.29 is 0 Å². The van der Waals surface area contributed by atoms with Crippen LogP contribution in [0.5, 0.6) is 0 Å². The molecule has 1 aliphatic heterocycles. The molecule has 0 aliphatic carbocycles. The fourth-order valence-corrected chi connectivity index (χ4v) is 3.82. The third-order valence-corrected chi connectivity index (χ3v) is 5.48. The second kappa shape index (κ2) is 6.72. The molecule has 1 aromatic carbocycles. The van der Waals surface area contributed by atoms with Crippen molar-refractivity contribution in [3.8, 4) is 0 Å². The van der Waals surface area contributed by atoms with Crippen LogP contribution < -0.4 is 16.1 Å². The lowest BCUT2D eigenvalue weighted by Crippen LogP contribution is -2.35. The van der Waals surface area contributed by atoms with Gasteiger partial charge in [-0.05, 0) is 31.2 Å². The SMILES string of the molecule is Cc1cccc(Cn2c(N3CCC(C)CC3)nc3c2c(=O)[nH]c(=O)n3C)c1. The molecule has 3 aromatic rings. The van der Waals surface area contributed by atoms with E-state index in [0.29, 0.717) is 23.6 Å². The Hall–Kier alpha value is -2.83. The number of fused-ring (bicyclic) bond motifs is 1. The molecule has 1 aliphatic rings. The van der Waals surface area contributed by atoms with Gasteiger partial charge >= 0.3 is 5.69 Å². The zero-order chi connectivity index (χ0) is 19.1. The van der Waals surface area contributed by atoms with Gasteiger partial charge in [0, 0.05) is 20.1 Å². The first-order valence-electron chi connectivity index (χ1n) is 9.44. The molecular weight excluding hydrogens is 342 g/mol. The summed E-state index contributed by atoms with van der Waals surface area (Å²) in [5, 5.41) is 0. The van der Waals surface area contributed by atoms with Gasteiger partial charge in [-0.25, -0.2) is 4.79 Å².